The highest BCUT2D eigenvalue weighted by atomic mass is 19.1. The summed E-state index contributed by atoms with van der Waals surface area (Å²) in [6, 6.07) is 11.1. The second kappa shape index (κ2) is 5.82. The van der Waals surface area contributed by atoms with E-state index in [-0.39, 0.29) is 17.7 Å². The molecule has 3 rings (SSSR count). The maximum Gasteiger partial charge on any atom is 0.127 e. The van der Waals surface area contributed by atoms with Crippen LogP contribution in [0.2, 0.25) is 0 Å². The molecule has 4 heteroatoms. The molecule has 0 bridgehead atoms. The van der Waals surface area contributed by atoms with Gasteiger partial charge in [0.25, 0.3) is 0 Å². The van der Waals surface area contributed by atoms with E-state index in [0.29, 0.717) is 18.5 Å². The summed E-state index contributed by atoms with van der Waals surface area (Å²) in [4.78, 5) is 2.12. The Bertz CT molecular complexity index is 642. The van der Waals surface area contributed by atoms with Gasteiger partial charge in [-0.2, -0.15) is 0 Å². The number of rotatable bonds is 4. The summed E-state index contributed by atoms with van der Waals surface area (Å²) in [5, 5.41) is 0. The molecule has 2 aromatic carbocycles. The average molecular weight is 288 g/mol. The van der Waals surface area contributed by atoms with Gasteiger partial charge in [0.1, 0.15) is 11.6 Å². The van der Waals surface area contributed by atoms with Crippen molar-refractivity contribution in [1.82, 2.24) is 0 Å². The predicted octanol–water partition coefficient (Wildman–Crippen LogP) is 3.42. The van der Waals surface area contributed by atoms with Crippen molar-refractivity contribution in [1.29, 1.82) is 0 Å². The van der Waals surface area contributed by atoms with E-state index in [1.165, 1.54) is 12.1 Å². The molecule has 1 unspecified atom stereocenters. The minimum atomic E-state index is -0.344. The number of nitrogens with zero attached hydrogens (tertiary/aromatic N) is 1. The first-order valence-electron chi connectivity index (χ1n) is 7.18. The van der Waals surface area contributed by atoms with Gasteiger partial charge in [-0.25, -0.2) is 8.78 Å². The zero-order valence-corrected chi connectivity index (χ0v) is 11.7. The van der Waals surface area contributed by atoms with Crippen LogP contribution in [0, 0.1) is 11.6 Å². The van der Waals surface area contributed by atoms with Gasteiger partial charge in [-0.15, -0.1) is 0 Å². The molecule has 0 fully saturated rings. The van der Waals surface area contributed by atoms with E-state index >= 15 is 0 Å². The summed E-state index contributed by atoms with van der Waals surface area (Å²) in [6.45, 7) is 1.56. The van der Waals surface area contributed by atoms with E-state index in [4.69, 9.17) is 5.73 Å². The van der Waals surface area contributed by atoms with Crippen molar-refractivity contribution in [2.45, 2.75) is 18.9 Å². The van der Waals surface area contributed by atoms with Gasteiger partial charge in [0.2, 0.25) is 0 Å². The van der Waals surface area contributed by atoms with Gasteiger partial charge in [0.05, 0.1) is 0 Å². The van der Waals surface area contributed by atoms with E-state index in [9.17, 15) is 8.78 Å². The minimum Gasteiger partial charge on any atom is -0.371 e. The lowest BCUT2D eigenvalue weighted by molar-refractivity contribution is 0.561. The van der Waals surface area contributed by atoms with Crippen LogP contribution in [-0.4, -0.2) is 13.1 Å². The van der Waals surface area contributed by atoms with Gasteiger partial charge >= 0.3 is 0 Å². The summed E-state index contributed by atoms with van der Waals surface area (Å²) in [6.07, 6.45) is 1.56. The summed E-state index contributed by atoms with van der Waals surface area (Å²) in [5.41, 5.74) is 8.72. The van der Waals surface area contributed by atoms with Crippen LogP contribution in [0.4, 0.5) is 14.5 Å². The smallest absolute Gasteiger partial charge is 0.127 e. The molecular weight excluding hydrogens is 270 g/mol. The standard InChI is InChI=1S/C17H18F2N2/c18-13-6-5-12-7-9-21(17(12)11-13)10-8-16(20)14-3-1-2-4-15(14)19/h1-6,11,16H,7-10,20H2. The zero-order chi connectivity index (χ0) is 14.8. The second-order valence-electron chi connectivity index (χ2n) is 5.43. The summed E-state index contributed by atoms with van der Waals surface area (Å²) in [7, 11) is 0. The van der Waals surface area contributed by atoms with E-state index < -0.39 is 0 Å². The molecule has 110 valence electrons. The van der Waals surface area contributed by atoms with Crippen LogP contribution >= 0.6 is 0 Å². The SMILES string of the molecule is NC(CCN1CCc2ccc(F)cc21)c1ccccc1F. The molecule has 1 aliphatic heterocycles. The van der Waals surface area contributed by atoms with Crippen LogP contribution < -0.4 is 10.6 Å². The Balaban J connectivity index is 1.67. The molecule has 1 heterocycles. The third kappa shape index (κ3) is 2.90. The topological polar surface area (TPSA) is 29.3 Å². The fraction of sp³-hybridized carbons (Fsp3) is 0.294. The normalized spacial score (nSPS) is 15.1. The number of nitrogens with two attached hydrogens (primary N) is 1. The van der Waals surface area contributed by atoms with Gasteiger partial charge in [-0.3, -0.25) is 0 Å². The highest BCUT2D eigenvalue weighted by Gasteiger charge is 2.20. The van der Waals surface area contributed by atoms with Crippen molar-refractivity contribution in [3.8, 4) is 0 Å². The lowest BCUT2D eigenvalue weighted by atomic mass is 10.0. The average Bonchev–Trinajstić information content (AvgIpc) is 2.87. The Hall–Kier alpha value is -1.94. The van der Waals surface area contributed by atoms with Crippen LogP contribution in [-0.2, 0) is 6.42 Å². The molecule has 0 aromatic heterocycles. The molecule has 1 aliphatic rings. The number of fused-ring (bicyclic) bond motifs is 1. The first kappa shape index (κ1) is 14.0. The first-order chi connectivity index (χ1) is 10.1. The lowest BCUT2D eigenvalue weighted by Gasteiger charge is -2.22. The van der Waals surface area contributed by atoms with Crippen LogP contribution in [0.15, 0.2) is 42.5 Å². The quantitative estimate of drug-likeness (QED) is 0.934. The van der Waals surface area contributed by atoms with E-state index in [2.05, 4.69) is 4.90 Å². The van der Waals surface area contributed by atoms with Gasteiger partial charge in [-0.05, 0) is 36.6 Å². The monoisotopic (exact) mass is 288 g/mol. The number of hydrogen-bond donors (Lipinski definition) is 1. The second-order valence-corrected chi connectivity index (χ2v) is 5.43. The predicted molar refractivity (Wildman–Crippen MR) is 80.3 cm³/mol. The van der Waals surface area contributed by atoms with Crippen LogP contribution in [0.3, 0.4) is 0 Å². The van der Waals surface area contributed by atoms with Crippen LogP contribution in [0.1, 0.15) is 23.6 Å². The Morgan fingerprint density at radius 2 is 1.95 bits per heavy atom. The molecular formula is C17H18F2N2. The summed E-state index contributed by atoms with van der Waals surface area (Å²) >= 11 is 0. The fourth-order valence-electron chi connectivity index (χ4n) is 2.88. The molecule has 2 nitrogen and oxygen atoms in total. The fourth-order valence-corrected chi connectivity index (χ4v) is 2.88. The van der Waals surface area contributed by atoms with Crippen molar-refractivity contribution in [3.05, 3.63) is 65.2 Å². The first-order valence-corrected chi connectivity index (χ1v) is 7.18. The van der Waals surface area contributed by atoms with Gasteiger partial charge in [-0.1, -0.05) is 24.3 Å². The maximum atomic E-state index is 13.7. The molecule has 0 aliphatic carbocycles. The molecule has 2 aromatic rings. The minimum absolute atomic E-state index is 0.223. The molecule has 0 spiro atoms. The van der Waals surface area contributed by atoms with Crippen molar-refractivity contribution in [2.24, 2.45) is 5.73 Å². The molecule has 2 N–H and O–H groups in total. The van der Waals surface area contributed by atoms with E-state index in [1.54, 1.807) is 24.3 Å². The van der Waals surface area contributed by atoms with E-state index in [0.717, 1.165) is 24.2 Å². The Morgan fingerprint density at radius 1 is 1.14 bits per heavy atom. The Kier molecular flexibility index (Phi) is 3.88. The van der Waals surface area contributed by atoms with Crippen molar-refractivity contribution in [3.63, 3.8) is 0 Å². The van der Waals surface area contributed by atoms with Gasteiger partial charge in [0, 0.05) is 30.4 Å². The Morgan fingerprint density at radius 3 is 2.76 bits per heavy atom. The third-order valence-corrected chi connectivity index (χ3v) is 4.05. The number of anilines is 1. The number of benzene rings is 2. The largest absolute Gasteiger partial charge is 0.371 e. The van der Waals surface area contributed by atoms with Crippen molar-refractivity contribution < 1.29 is 8.78 Å². The molecule has 0 radical (unpaired) electrons. The Labute approximate surface area is 123 Å². The molecule has 21 heavy (non-hydrogen) atoms. The van der Waals surface area contributed by atoms with Crippen LogP contribution in [0.5, 0.6) is 0 Å². The molecule has 0 saturated heterocycles. The highest BCUT2D eigenvalue weighted by Crippen LogP contribution is 2.29. The zero-order valence-electron chi connectivity index (χ0n) is 11.7. The van der Waals surface area contributed by atoms with Gasteiger partial charge in [0.15, 0.2) is 0 Å². The summed E-state index contributed by atoms with van der Waals surface area (Å²) < 4.78 is 27.0. The molecule has 0 amide bonds. The lowest BCUT2D eigenvalue weighted by Crippen LogP contribution is -2.26. The maximum absolute atomic E-state index is 13.7. The molecule has 1 atom stereocenters. The third-order valence-electron chi connectivity index (χ3n) is 4.05. The van der Waals surface area contributed by atoms with Crippen molar-refractivity contribution in [2.75, 3.05) is 18.0 Å². The van der Waals surface area contributed by atoms with Crippen LogP contribution in [0.25, 0.3) is 0 Å². The highest BCUT2D eigenvalue weighted by molar-refractivity contribution is 5.58. The summed E-state index contributed by atoms with van der Waals surface area (Å²) in [5.74, 6) is -0.489. The number of hydrogen-bond acceptors (Lipinski definition) is 2. The van der Waals surface area contributed by atoms with Crippen molar-refractivity contribution >= 4 is 5.69 Å². The van der Waals surface area contributed by atoms with Gasteiger partial charge < -0.3 is 10.6 Å². The molecule has 0 saturated carbocycles. The van der Waals surface area contributed by atoms with E-state index in [1.807, 2.05) is 6.07 Å². The number of halogens is 2.